The molecule has 0 aliphatic heterocycles. The highest BCUT2D eigenvalue weighted by Crippen LogP contribution is 2.75. The smallest absolute Gasteiger partial charge is 0.192 e. The number of hydrogen-bond donors (Lipinski definition) is 3. The van der Waals surface area contributed by atoms with Crippen molar-refractivity contribution in [2.75, 3.05) is 0 Å². The Balaban J connectivity index is 2.03. The summed E-state index contributed by atoms with van der Waals surface area (Å²) >= 11 is 0. The van der Waals surface area contributed by atoms with E-state index in [1.54, 1.807) is 6.92 Å². The molecule has 7 heteroatoms. The quantitative estimate of drug-likeness (QED) is 0.315. The van der Waals surface area contributed by atoms with Crippen LogP contribution in [0.4, 0.5) is 0 Å². The van der Waals surface area contributed by atoms with E-state index in [0.29, 0.717) is 11.8 Å². The Morgan fingerprint density at radius 2 is 1.53 bits per heavy atom. The molecule has 0 spiro atoms. The van der Waals surface area contributed by atoms with Crippen LogP contribution in [0.25, 0.3) is 0 Å². The van der Waals surface area contributed by atoms with E-state index in [1.807, 2.05) is 6.08 Å². The monoisotopic (exact) mass is 538 g/mol. The van der Waals surface area contributed by atoms with Gasteiger partial charge in [-0.25, -0.2) is 0 Å². The van der Waals surface area contributed by atoms with Crippen LogP contribution in [0.2, 0.25) is 37.8 Å². The molecule has 0 aromatic heterocycles. The van der Waals surface area contributed by atoms with Gasteiger partial charge in [-0.1, -0.05) is 48.5 Å². The number of aliphatic hydroxyl groups is 3. The maximum Gasteiger partial charge on any atom is 0.192 e. The van der Waals surface area contributed by atoms with Crippen molar-refractivity contribution >= 4 is 16.6 Å². The lowest BCUT2D eigenvalue weighted by Crippen LogP contribution is -2.62. The van der Waals surface area contributed by atoms with Crippen molar-refractivity contribution in [3.63, 3.8) is 0 Å². The first-order valence-corrected chi connectivity index (χ1v) is 20.5. The van der Waals surface area contributed by atoms with Crippen molar-refractivity contribution in [1.82, 2.24) is 0 Å². The molecule has 0 radical (unpaired) electrons. The van der Waals surface area contributed by atoms with Crippen molar-refractivity contribution in [3.8, 4) is 0 Å². The van der Waals surface area contributed by atoms with E-state index in [1.165, 1.54) is 0 Å². The van der Waals surface area contributed by atoms with Crippen LogP contribution >= 0.6 is 0 Å². The lowest BCUT2D eigenvalue weighted by Gasteiger charge is -2.56. The first-order valence-electron chi connectivity index (χ1n) is 14.2. The average Bonchev–Trinajstić information content (AvgIpc) is 3.08. The standard InChI is InChI=1S/C29H54O5Si2/c1-17-14-19-21(26(19,6)7)22-23(33-36(12,13)25(3,4)5)18(2)24(30)28(32)16-27(8,31)15-20(28)29(17,22)34-35(9,10)11/h15,17-19,21-24,30-32H,14,16H2,1-13H3/t17-,18+,19-,21-,22-,23-,24-,27?,28+,29+/m1/s1. The fourth-order valence-electron chi connectivity index (χ4n) is 8.21. The average molecular weight is 539 g/mol. The second-order valence-electron chi connectivity index (χ2n) is 16.3. The molecule has 0 bridgehead atoms. The Morgan fingerprint density at radius 3 is 2.03 bits per heavy atom. The molecule has 4 aliphatic carbocycles. The van der Waals surface area contributed by atoms with Crippen LogP contribution in [0.3, 0.4) is 0 Å². The SMILES string of the molecule is C[C@H]1[C@@H](O[Si](C)(C)C(C)(C)C)[C@H]2[C@H]3[C@@H](C[C@@H](C)[C@]2(O[Si](C)(C)C)C2=CC(C)(O)C[C@@]2(O)[C@@H]1O)C3(C)C. The highest BCUT2D eigenvalue weighted by Gasteiger charge is 2.77. The van der Waals surface area contributed by atoms with Gasteiger partial charge in [-0.2, -0.15) is 0 Å². The summed E-state index contributed by atoms with van der Waals surface area (Å²) in [5.74, 6) is 0.774. The van der Waals surface area contributed by atoms with Gasteiger partial charge in [-0.15, -0.1) is 0 Å². The molecule has 10 atom stereocenters. The third-order valence-corrected chi connectivity index (χ3v) is 16.3. The fourth-order valence-corrected chi connectivity index (χ4v) is 11.1. The highest BCUT2D eigenvalue weighted by atomic mass is 28.4. The van der Waals surface area contributed by atoms with Crippen molar-refractivity contribution in [1.29, 1.82) is 0 Å². The minimum absolute atomic E-state index is 0.000856. The summed E-state index contributed by atoms with van der Waals surface area (Å²) in [6.07, 6.45) is 1.67. The molecule has 5 nitrogen and oxygen atoms in total. The predicted molar refractivity (Wildman–Crippen MR) is 151 cm³/mol. The van der Waals surface area contributed by atoms with Gasteiger partial charge in [-0.05, 0) is 85.9 Å². The maximum absolute atomic E-state index is 12.4. The summed E-state index contributed by atoms with van der Waals surface area (Å²) in [5.41, 5.74) is -2.66. The number of fused-ring (bicyclic) bond motifs is 5. The summed E-state index contributed by atoms with van der Waals surface area (Å²) in [7, 11) is -4.38. The van der Waals surface area contributed by atoms with Crippen LogP contribution in [0.15, 0.2) is 11.6 Å². The van der Waals surface area contributed by atoms with Crippen LogP contribution in [-0.2, 0) is 8.85 Å². The molecular formula is C29H54O5Si2. The van der Waals surface area contributed by atoms with E-state index >= 15 is 0 Å². The highest BCUT2D eigenvalue weighted by molar-refractivity contribution is 6.74. The molecule has 1 unspecified atom stereocenters. The molecule has 0 aromatic rings. The fraction of sp³-hybridized carbons (Fsp3) is 0.931. The van der Waals surface area contributed by atoms with Crippen LogP contribution in [0, 0.1) is 35.0 Å². The summed E-state index contributed by atoms with van der Waals surface area (Å²) in [4.78, 5) is 0. The molecule has 0 aromatic carbocycles. The summed E-state index contributed by atoms with van der Waals surface area (Å²) in [6.45, 7) is 28.9. The molecule has 0 amide bonds. The lowest BCUT2D eigenvalue weighted by atomic mass is 9.62. The topological polar surface area (TPSA) is 79.2 Å². The molecule has 3 saturated carbocycles. The Labute approximate surface area is 222 Å². The van der Waals surface area contributed by atoms with Crippen molar-refractivity contribution in [2.45, 2.75) is 135 Å². The van der Waals surface area contributed by atoms with Gasteiger partial charge in [0.25, 0.3) is 0 Å². The van der Waals surface area contributed by atoms with Gasteiger partial charge >= 0.3 is 0 Å². The lowest BCUT2D eigenvalue weighted by molar-refractivity contribution is -0.108. The van der Waals surface area contributed by atoms with Crippen LogP contribution < -0.4 is 0 Å². The summed E-state index contributed by atoms with van der Waals surface area (Å²) < 4.78 is 14.7. The van der Waals surface area contributed by atoms with Gasteiger partial charge in [0.1, 0.15) is 5.60 Å². The Morgan fingerprint density at radius 1 is 0.972 bits per heavy atom. The normalized spacial score (nSPS) is 48.4. The summed E-state index contributed by atoms with van der Waals surface area (Å²) in [5, 5.41) is 35.7. The first kappa shape index (κ1) is 29.0. The third-order valence-electron chi connectivity index (χ3n) is 10.9. The molecule has 36 heavy (non-hydrogen) atoms. The van der Waals surface area contributed by atoms with Crippen LogP contribution in [0.5, 0.6) is 0 Å². The Bertz CT molecular complexity index is 929. The first-order chi connectivity index (χ1) is 15.9. The number of rotatable bonds is 4. The molecule has 0 heterocycles. The van der Waals surface area contributed by atoms with E-state index in [0.717, 1.165) is 12.0 Å². The van der Waals surface area contributed by atoms with Crippen molar-refractivity contribution in [3.05, 3.63) is 11.6 Å². The minimum Gasteiger partial charge on any atom is -0.413 e. The molecule has 4 rings (SSSR count). The van der Waals surface area contributed by atoms with Gasteiger partial charge in [0.2, 0.25) is 0 Å². The van der Waals surface area contributed by atoms with Crippen molar-refractivity contribution < 1.29 is 24.2 Å². The number of hydrogen-bond acceptors (Lipinski definition) is 5. The van der Waals surface area contributed by atoms with Gasteiger partial charge < -0.3 is 24.2 Å². The maximum atomic E-state index is 12.4. The molecule has 3 fully saturated rings. The third kappa shape index (κ3) is 4.10. The largest absolute Gasteiger partial charge is 0.413 e. The zero-order valence-corrected chi connectivity index (χ0v) is 27.2. The number of aliphatic hydroxyl groups excluding tert-OH is 1. The van der Waals surface area contributed by atoms with E-state index in [-0.39, 0.29) is 40.7 Å². The van der Waals surface area contributed by atoms with Crippen LogP contribution in [-0.4, -0.2) is 61.0 Å². The van der Waals surface area contributed by atoms with E-state index in [9.17, 15) is 15.3 Å². The second kappa shape index (κ2) is 8.01. The van der Waals surface area contributed by atoms with E-state index in [4.69, 9.17) is 8.85 Å². The van der Waals surface area contributed by atoms with Gasteiger partial charge in [-0.3, -0.25) is 0 Å². The predicted octanol–water partition coefficient (Wildman–Crippen LogP) is 5.72. The Hall–Kier alpha value is -0.0262. The van der Waals surface area contributed by atoms with E-state index in [2.05, 4.69) is 81.2 Å². The second-order valence-corrected chi connectivity index (χ2v) is 25.5. The molecule has 0 saturated heterocycles. The van der Waals surface area contributed by atoms with Gasteiger partial charge in [0.15, 0.2) is 16.6 Å². The van der Waals surface area contributed by atoms with Gasteiger partial charge in [0.05, 0.1) is 23.4 Å². The van der Waals surface area contributed by atoms with Crippen LogP contribution in [0.1, 0.15) is 68.2 Å². The summed E-state index contributed by atoms with van der Waals surface area (Å²) in [6, 6.07) is 0. The minimum atomic E-state index is -2.23. The zero-order valence-electron chi connectivity index (χ0n) is 25.2. The van der Waals surface area contributed by atoms with E-state index < -0.39 is 39.5 Å². The zero-order chi connectivity index (χ0) is 27.7. The Kier molecular flexibility index (Phi) is 6.45. The molecule has 208 valence electrons. The molecule has 3 N–H and O–H groups in total. The molecular weight excluding hydrogens is 484 g/mol. The molecule has 4 aliphatic rings. The van der Waals surface area contributed by atoms with Crippen molar-refractivity contribution in [2.24, 2.45) is 35.0 Å². The van der Waals surface area contributed by atoms with Gasteiger partial charge in [0, 0.05) is 18.3 Å².